The molecule has 3 atom stereocenters. The van der Waals surface area contributed by atoms with Gasteiger partial charge in [0, 0.05) is 0 Å². The maximum absolute atomic E-state index is 12.2. The molecule has 1 aliphatic carbocycles. The Kier molecular flexibility index (Phi) is 3.90. The van der Waals surface area contributed by atoms with Crippen LogP contribution < -0.4 is 0 Å². The Hall–Kier alpha value is -0.330. The van der Waals surface area contributed by atoms with E-state index in [2.05, 4.69) is 22.6 Å². The number of fused-ring (bicyclic) bond motifs is 1. The lowest BCUT2D eigenvalue weighted by molar-refractivity contribution is -0.173. The fourth-order valence-electron chi connectivity index (χ4n) is 2.58. The maximum Gasteiger partial charge on any atom is 0.322 e. The summed E-state index contributed by atoms with van der Waals surface area (Å²) in [6.07, 6.45) is 4.28. The van der Waals surface area contributed by atoms with E-state index in [-0.39, 0.29) is 24.5 Å². The van der Waals surface area contributed by atoms with Gasteiger partial charge in [-0.05, 0) is 39.0 Å². The predicted octanol–water partition coefficient (Wildman–Crippen LogP) is 2.76. The van der Waals surface area contributed by atoms with Crippen LogP contribution in [0.15, 0.2) is 0 Å². The molecule has 0 aromatic carbocycles. The monoisotopic (exact) mass is 366 g/mol. The highest BCUT2D eigenvalue weighted by Gasteiger charge is 2.54. The van der Waals surface area contributed by atoms with Crippen molar-refractivity contribution in [2.24, 2.45) is 0 Å². The van der Waals surface area contributed by atoms with Gasteiger partial charge in [0.2, 0.25) is 0 Å². The first-order valence-corrected chi connectivity index (χ1v) is 7.59. The molecule has 102 valence electrons. The average molecular weight is 366 g/mol. The topological polar surface area (TPSA) is 52.6 Å². The second kappa shape index (κ2) is 4.98. The van der Waals surface area contributed by atoms with Crippen LogP contribution >= 0.6 is 22.6 Å². The second-order valence-corrected chi connectivity index (χ2v) is 7.79. The summed E-state index contributed by atoms with van der Waals surface area (Å²) in [6.45, 7) is 3.82. The lowest BCUT2D eigenvalue weighted by atomic mass is 9.81. The van der Waals surface area contributed by atoms with E-state index in [9.17, 15) is 9.59 Å². The van der Waals surface area contributed by atoms with Gasteiger partial charge in [-0.15, -0.1) is 0 Å². The molecule has 0 N–H and O–H groups in total. The molecule has 0 aromatic rings. The molecular weight excluding hydrogens is 347 g/mol. The van der Waals surface area contributed by atoms with Crippen molar-refractivity contribution in [3.8, 4) is 0 Å². The molecule has 0 bridgehead atoms. The normalized spacial score (nSPS) is 34.4. The van der Waals surface area contributed by atoms with E-state index in [4.69, 9.17) is 9.47 Å². The van der Waals surface area contributed by atoms with Crippen molar-refractivity contribution >= 4 is 34.5 Å². The van der Waals surface area contributed by atoms with Crippen molar-refractivity contribution in [2.75, 3.05) is 0 Å². The lowest BCUT2D eigenvalue weighted by Crippen LogP contribution is -2.48. The molecule has 2 rings (SSSR count). The Morgan fingerprint density at radius 3 is 3.00 bits per heavy atom. The number of hydrogen-bond acceptors (Lipinski definition) is 4. The van der Waals surface area contributed by atoms with Crippen molar-refractivity contribution < 1.29 is 19.1 Å². The molecule has 4 nitrogen and oxygen atoms in total. The minimum absolute atomic E-state index is 0.222. The minimum Gasteiger partial charge on any atom is -0.458 e. The van der Waals surface area contributed by atoms with Gasteiger partial charge < -0.3 is 9.47 Å². The average Bonchev–Trinajstić information content (AvgIpc) is 2.64. The zero-order valence-corrected chi connectivity index (χ0v) is 13.0. The summed E-state index contributed by atoms with van der Waals surface area (Å²) in [6, 6.07) is 0. The molecule has 5 heteroatoms. The Bertz CT molecular complexity index is 366. The van der Waals surface area contributed by atoms with Crippen molar-refractivity contribution in [1.82, 2.24) is 0 Å². The van der Waals surface area contributed by atoms with Crippen LogP contribution in [0.4, 0.5) is 0 Å². The molecule has 1 aliphatic heterocycles. The number of hydrogen-bond donors (Lipinski definition) is 0. The van der Waals surface area contributed by atoms with Crippen molar-refractivity contribution in [2.45, 2.75) is 67.5 Å². The van der Waals surface area contributed by atoms with Crippen molar-refractivity contribution in [1.29, 1.82) is 0 Å². The summed E-state index contributed by atoms with van der Waals surface area (Å²) in [7, 11) is 0. The van der Waals surface area contributed by atoms with Gasteiger partial charge in [-0.1, -0.05) is 29.5 Å². The Morgan fingerprint density at radius 2 is 2.33 bits per heavy atom. The van der Waals surface area contributed by atoms with Gasteiger partial charge >= 0.3 is 11.9 Å². The van der Waals surface area contributed by atoms with E-state index in [0.717, 1.165) is 25.7 Å². The Morgan fingerprint density at radius 1 is 1.61 bits per heavy atom. The Balaban J connectivity index is 2.15. The molecule has 2 aliphatic rings. The highest BCUT2D eigenvalue weighted by atomic mass is 127. The largest absolute Gasteiger partial charge is 0.458 e. The van der Waals surface area contributed by atoms with Crippen LogP contribution in [0.5, 0.6) is 0 Å². The fourth-order valence-corrected chi connectivity index (χ4v) is 2.69. The highest BCUT2D eigenvalue weighted by Crippen LogP contribution is 2.43. The van der Waals surface area contributed by atoms with Crippen LogP contribution in [-0.2, 0) is 19.1 Å². The van der Waals surface area contributed by atoms with Crippen molar-refractivity contribution in [3.05, 3.63) is 0 Å². The van der Waals surface area contributed by atoms with Crippen LogP contribution in [0.25, 0.3) is 0 Å². The molecule has 1 saturated heterocycles. The molecule has 1 heterocycles. The van der Waals surface area contributed by atoms with E-state index in [1.807, 2.05) is 13.8 Å². The molecule has 18 heavy (non-hydrogen) atoms. The second-order valence-electron chi connectivity index (χ2n) is 5.41. The van der Waals surface area contributed by atoms with E-state index >= 15 is 0 Å². The maximum atomic E-state index is 12.2. The van der Waals surface area contributed by atoms with Gasteiger partial charge in [0.05, 0.1) is 6.42 Å². The van der Waals surface area contributed by atoms with E-state index in [1.165, 1.54) is 0 Å². The number of rotatable bonds is 3. The quantitative estimate of drug-likeness (QED) is 0.438. The predicted molar refractivity (Wildman–Crippen MR) is 74.5 cm³/mol. The molecule has 0 radical (unpaired) electrons. The first kappa shape index (κ1) is 14.1. The highest BCUT2D eigenvalue weighted by molar-refractivity contribution is 14.1. The molecule has 3 unspecified atom stereocenters. The molecule has 0 aromatic heterocycles. The SMILES string of the molecule is CCC(C)(I)C(=O)OC12CCCCC1OC(=O)C2. The van der Waals surface area contributed by atoms with Gasteiger partial charge in [0.1, 0.15) is 9.53 Å². The zero-order valence-electron chi connectivity index (χ0n) is 10.8. The summed E-state index contributed by atoms with van der Waals surface area (Å²) in [5, 5.41) is 0. The smallest absolute Gasteiger partial charge is 0.322 e. The fraction of sp³-hybridized carbons (Fsp3) is 0.846. The number of ether oxygens (including phenoxy) is 2. The van der Waals surface area contributed by atoms with Gasteiger partial charge in [0.15, 0.2) is 5.60 Å². The molecule has 1 saturated carbocycles. The number of carbonyl (C=O) groups is 2. The molecule has 0 amide bonds. The number of esters is 2. The first-order valence-electron chi connectivity index (χ1n) is 6.51. The standard InChI is InChI=1S/C13H19IO4/c1-3-12(2,14)11(16)18-13-7-5-4-6-9(13)17-10(15)8-13/h9H,3-8H2,1-2H3. The van der Waals surface area contributed by atoms with Gasteiger partial charge in [0.25, 0.3) is 0 Å². The summed E-state index contributed by atoms with van der Waals surface area (Å²) in [5.74, 6) is -0.461. The lowest BCUT2D eigenvalue weighted by Gasteiger charge is -2.37. The number of carbonyl (C=O) groups excluding carboxylic acids is 2. The third kappa shape index (κ3) is 2.51. The van der Waals surface area contributed by atoms with Gasteiger partial charge in [-0.2, -0.15) is 0 Å². The number of alkyl halides is 1. The number of halogens is 1. The van der Waals surface area contributed by atoms with Crippen LogP contribution in [0.1, 0.15) is 52.4 Å². The summed E-state index contributed by atoms with van der Waals surface area (Å²) >= 11 is 2.12. The van der Waals surface area contributed by atoms with Crippen LogP contribution in [0.3, 0.4) is 0 Å². The van der Waals surface area contributed by atoms with E-state index in [0.29, 0.717) is 6.42 Å². The molecule has 0 spiro atoms. The van der Waals surface area contributed by atoms with Crippen LogP contribution in [0.2, 0.25) is 0 Å². The van der Waals surface area contributed by atoms with E-state index in [1.54, 1.807) is 0 Å². The minimum atomic E-state index is -0.686. The van der Waals surface area contributed by atoms with Gasteiger partial charge in [-0.25, -0.2) is 0 Å². The third-order valence-electron chi connectivity index (χ3n) is 4.01. The van der Waals surface area contributed by atoms with Crippen LogP contribution in [-0.4, -0.2) is 27.1 Å². The molecule has 2 fully saturated rings. The van der Waals surface area contributed by atoms with E-state index < -0.39 is 9.02 Å². The first-order chi connectivity index (χ1) is 8.39. The summed E-state index contributed by atoms with van der Waals surface area (Å²) in [5.41, 5.74) is -0.686. The summed E-state index contributed by atoms with van der Waals surface area (Å²) in [4.78, 5) is 23.7. The zero-order chi connectivity index (χ0) is 13.4. The molecular formula is C13H19IO4. The third-order valence-corrected chi connectivity index (χ3v) is 5.21. The summed E-state index contributed by atoms with van der Waals surface area (Å²) < 4.78 is 10.5. The Labute approximate surface area is 121 Å². The van der Waals surface area contributed by atoms with Crippen molar-refractivity contribution in [3.63, 3.8) is 0 Å². The van der Waals surface area contributed by atoms with Gasteiger partial charge in [-0.3, -0.25) is 9.59 Å². The van der Waals surface area contributed by atoms with Crippen LogP contribution in [0, 0.1) is 0 Å².